The van der Waals surface area contributed by atoms with Crippen molar-refractivity contribution < 1.29 is 19.4 Å². The third-order valence-corrected chi connectivity index (χ3v) is 8.52. The number of phenols is 1. The van der Waals surface area contributed by atoms with Crippen molar-refractivity contribution in [1.29, 1.82) is 0 Å². The summed E-state index contributed by atoms with van der Waals surface area (Å²) < 4.78 is 11.3. The van der Waals surface area contributed by atoms with Crippen molar-refractivity contribution in [3.05, 3.63) is 35.4 Å². The summed E-state index contributed by atoms with van der Waals surface area (Å²) in [6.07, 6.45) is 2.16. The largest absolute Gasteiger partial charge is 0.504 e. The van der Waals surface area contributed by atoms with Crippen molar-refractivity contribution in [1.82, 2.24) is 4.90 Å². The van der Waals surface area contributed by atoms with Crippen LogP contribution in [0.5, 0.6) is 17.2 Å². The predicted molar refractivity (Wildman–Crippen MR) is 133 cm³/mol. The van der Waals surface area contributed by atoms with E-state index in [2.05, 4.69) is 43.7 Å². The SMILES string of the molecule is COc1ccc2c(c1O)-c1ccc(OC)c([Si](C)(C)C)c1CCN(C)CC2CCC(C)=O. The molecule has 1 heterocycles. The van der Waals surface area contributed by atoms with Crippen LogP contribution in [0.4, 0.5) is 0 Å². The summed E-state index contributed by atoms with van der Waals surface area (Å²) in [7, 11) is 3.70. The first-order valence-corrected chi connectivity index (χ1v) is 14.9. The second-order valence-electron chi connectivity index (χ2n) is 9.95. The van der Waals surface area contributed by atoms with Crippen LogP contribution in [0.15, 0.2) is 24.3 Å². The Hall–Kier alpha value is -2.31. The first-order valence-electron chi connectivity index (χ1n) is 11.4. The molecule has 2 aromatic rings. The Labute approximate surface area is 193 Å². The first-order chi connectivity index (χ1) is 15.1. The molecule has 32 heavy (non-hydrogen) atoms. The Morgan fingerprint density at radius 2 is 1.78 bits per heavy atom. The molecule has 0 bridgehead atoms. The molecule has 2 aromatic carbocycles. The predicted octanol–water partition coefficient (Wildman–Crippen LogP) is 4.56. The van der Waals surface area contributed by atoms with E-state index in [1.165, 1.54) is 10.8 Å². The van der Waals surface area contributed by atoms with Crippen molar-refractivity contribution in [2.45, 2.75) is 51.7 Å². The number of ether oxygens (including phenoxy) is 2. The molecular formula is C26H37NO4Si. The van der Waals surface area contributed by atoms with Gasteiger partial charge in [-0.3, -0.25) is 0 Å². The fourth-order valence-corrected chi connectivity index (χ4v) is 7.07. The van der Waals surface area contributed by atoms with Gasteiger partial charge in [0.1, 0.15) is 11.5 Å². The summed E-state index contributed by atoms with van der Waals surface area (Å²) in [5.41, 5.74) is 4.22. The lowest BCUT2D eigenvalue weighted by Crippen LogP contribution is -2.42. The number of fused-ring (bicyclic) bond motifs is 3. The van der Waals surface area contributed by atoms with E-state index in [9.17, 15) is 9.90 Å². The molecule has 0 aliphatic carbocycles. The van der Waals surface area contributed by atoms with Crippen LogP contribution in [0.1, 0.15) is 36.8 Å². The van der Waals surface area contributed by atoms with Crippen molar-refractivity contribution in [2.24, 2.45) is 0 Å². The third-order valence-electron chi connectivity index (χ3n) is 6.47. The average Bonchev–Trinajstić information content (AvgIpc) is 2.78. The zero-order valence-electron chi connectivity index (χ0n) is 20.5. The van der Waals surface area contributed by atoms with E-state index in [4.69, 9.17) is 9.47 Å². The number of hydrogen-bond acceptors (Lipinski definition) is 5. The highest BCUT2D eigenvalue weighted by Crippen LogP contribution is 2.46. The lowest BCUT2D eigenvalue weighted by Gasteiger charge is -2.27. The third kappa shape index (κ3) is 4.86. The second kappa shape index (κ2) is 9.67. The minimum atomic E-state index is -1.76. The number of likely N-dealkylation sites (N-methyl/N-ethyl adjacent to an activating group) is 1. The topological polar surface area (TPSA) is 59.0 Å². The summed E-state index contributed by atoms with van der Waals surface area (Å²) in [6.45, 7) is 10.4. The van der Waals surface area contributed by atoms with Crippen LogP contribution in [0.3, 0.4) is 0 Å². The molecular weight excluding hydrogens is 418 g/mol. The zero-order chi connectivity index (χ0) is 23.6. The van der Waals surface area contributed by atoms with Gasteiger partial charge in [-0.05, 0) is 66.7 Å². The molecule has 0 spiro atoms. The number of rotatable bonds is 6. The maximum Gasteiger partial charge on any atom is 0.165 e. The van der Waals surface area contributed by atoms with Crippen LogP contribution in [-0.4, -0.2) is 58.2 Å². The number of carbonyl (C=O) groups is 1. The van der Waals surface area contributed by atoms with Crippen LogP contribution in [0.2, 0.25) is 19.6 Å². The van der Waals surface area contributed by atoms with E-state index in [-0.39, 0.29) is 17.5 Å². The Kier molecular flexibility index (Phi) is 7.35. The number of nitrogens with zero attached hydrogens (tertiary/aromatic N) is 1. The standard InChI is InChI=1S/C26H37NO4Si/c1-17(28)8-9-18-16-27(2)15-14-21-20(11-13-23(31-4)26(21)32(5,6)7)24-19(18)10-12-22(30-3)25(24)29/h10-13,18,29H,8-9,14-16H2,1-7H3. The summed E-state index contributed by atoms with van der Waals surface area (Å²) in [6, 6.07) is 8.04. The van der Waals surface area contributed by atoms with Crippen molar-refractivity contribution >= 4 is 19.0 Å². The maximum atomic E-state index is 11.8. The lowest BCUT2D eigenvalue weighted by atomic mass is 9.85. The molecule has 0 saturated carbocycles. The number of Topliss-reactive ketones (excluding diaryl/α,β-unsaturated/α-hetero) is 1. The van der Waals surface area contributed by atoms with Crippen LogP contribution in [-0.2, 0) is 11.2 Å². The number of carbonyl (C=O) groups excluding carboxylic acids is 1. The van der Waals surface area contributed by atoms with E-state index in [0.29, 0.717) is 12.2 Å². The molecule has 0 radical (unpaired) electrons. The van der Waals surface area contributed by atoms with Crippen LogP contribution in [0.25, 0.3) is 11.1 Å². The van der Waals surface area contributed by atoms with Crippen LogP contribution in [0, 0.1) is 0 Å². The van der Waals surface area contributed by atoms with E-state index < -0.39 is 8.07 Å². The van der Waals surface area contributed by atoms with Crippen molar-refractivity contribution in [3.63, 3.8) is 0 Å². The Bertz CT molecular complexity index is 996. The summed E-state index contributed by atoms with van der Waals surface area (Å²) in [5, 5.41) is 12.7. The highest BCUT2D eigenvalue weighted by molar-refractivity contribution is 6.89. The number of methoxy groups -OCH3 is 2. The minimum Gasteiger partial charge on any atom is -0.504 e. The Balaban J connectivity index is 2.37. The molecule has 1 atom stereocenters. The molecule has 3 rings (SSSR count). The second-order valence-corrected chi connectivity index (χ2v) is 14.9. The normalized spacial score (nSPS) is 16.9. The van der Waals surface area contributed by atoms with Gasteiger partial charge in [-0.1, -0.05) is 31.8 Å². The molecule has 0 fully saturated rings. The first kappa shape index (κ1) is 24.3. The minimum absolute atomic E-state index is 0.138. The van der Waals surface area contributed by atoms with E-state index in [1.54, 1.807) is 21.1 Å². The average molecular weight is 456 g/mol. The van der Waals surface area contributed by atoms with Gasteiger partial charge in [-0.15, -0.1) is 0 Å². The number of phenolic OH excluding ortho intramolecular Hbond substituents is 1. The Morgan fingerprint density at radius 1 is 1.12 bits per heavy atom. The molecule has 0 aromatic heterocycles. The molecule has 1 aliphatic rings. The monoisotopic (exact) mass is 455 g/mol. The number of hydrogen-bond donors (Lipinski definition) is 1. The molecule has 1 aliphatic heterocycles. The number of benzene rings is 2. The van der Waals surface area contributed by atoms with E-state index >= 15 is 0 Å². The van der Waals surface area contributed by atoms with Crippen LogP contribution < -0.4 is 14.7 Å². The van der Waals surface area contributed by atoms with Gasteiger partial charge in [0, 0.05) is 25.1 Å². The number of aromatic hydroxyl groups is 1. The molecule has 0 amide bonds. The van der Waals surface area contributed by atoms with Gasteiger partial charge in [-0.25, -0.2) is 0 Å². The van der Waals surface area contributed by atoms with Gasteiger partial charge >= 0.3 is 0 Å². The fraction of sp³-hybridized carbons (Fsp3) is 0.500. The van der Waals surface area contributed by atoms with Gasteiger partial charge in [0.25, 0.3) is 0 Å². The molecule has 174 valence electrons. The van der Waals surface area contributed by atoms with Gasteiger partial charge < -0.3 is 24.3 Å². The fourth-order valence-electron chi connectivity index (χ4n) is 4.98. The van der Waals surface area contributed by atoms with Gasteiger partial charge in [0.15, 0.2) is 11.5 Å². The van der Waals surface area contributed by atoms with E-state index in [1.807, 2.05) is 12.1 Å². The summed E-state index contributed by atoms with van der Waals surface area (Å²) in [4.78, 5) is 14.1. The lowest BCUT2D eigenvalue weighted by molar-refractivity contribution is -0.117. The highest BCUT2D eigenvalue weighted by atomic mass is 28.3. The maximum absolute atomic E-state index is 11.8. The number of ketones is 1. The van der Waals surface area contributed by atoms with Gasteiger partial charge in [0.2, 0.25) is 0 Å². The van der Waals surface area contributed by atoms with E-state index in [0.717, 1.165) is 48.4 Å². The van der Waals surface area contributed by atoms with Crippen molar-refractivity contribution in [2.75, 3.05) is 34.4 Å². The molecule has 1 N–H and O–H groups in total. The quantitative estimate of drug-likeness (QED) is 0.647. The summed E-state index contributed by atoms with van der Waals surface area (Å²) in [5.74, 6) is 1.91. The molecule has 5 nitrogen and oxygen atoms in total. The van der Waals surface area contributed by atoms with Crippen molar-refractivity contribution in [3.8, 4) is 28.4 Å². The molecule has 6 heteroatoms. The highest BCUT2D eigenvalue weighted by Gasteiger charge is 2.31. The molecule has 0 saturated heterocycles. The Morgan fingerprint density at radius 3 is 2.38 bits per heavy atom. The smallest absolute Gasteiger partial charge is 0.165 e. The zero-order valence-corrected chi connectivity index (χ0v) is 21.5. The van der Waals surface area contributed by atoms with Crippen LogP contribution >= 0.6 is 0 Å². The summed E-state index contributed by atoms with van der Waals surface area (Å²) >= 11 is 0. The van der Waals surface area contributed by atoms with Gasteiger partial charge in [-0.2, -0.15) is 0 Å². The van der Waals surface area contributed by atoms with Gasteiger partial charge in [0.05, 0.1) is 22.3 Å². The molecule has 1 unspecified atom stereocenters.